The zero-order chi connectivity index (χ0) is 26.0. The number of rotatable bonds is 8. The Hall–Kier alpha value is -3.17. The van der Waals surface area contributed by atoms with Crippen LogP contribution >= 0.6 is 11.8 Å². The summed E-state index contributed by atoms with van der Waals surface area (Å²) in [7, 11) is 0. The second-order valence-corrected chi connectivity index (χ2v) is 10.3. The number of carbonyl (C=O) groups is 1. The molecule has 0 saturated heterocycles. The lowest BCUT2D eigenvalue weighted by Crippen LogP contribution is -2.26. The fraction of sp³-hybridized carbons (Fsp3) is 0.269. The van der Waals surface area contributed by atoms with Crippen LogP contribution in [0, 0.1) is 6.92 Å². The second kappa shape index (κ2) is 10.2. The smallest absolute Gasteiger partial charge is 0.416 e. The summed E-state index contributed by atoms with van der Waals surface area (Å²) in [5.41, 5.74) is 2.02. The predicted molar refractivity (Wildman–Crippen MR) is 132 cm³/mol. The van der Waals surface area contributed by atoms with E-state index in [0.717, 1.165) is 28.2 Å². The molecular formula is C26H27F3N2O3S. The number of benzene rings is 3. The maximum atomic E-state index is 12.9. The number of hydrogen-bond donors (Lipinski definition) is 2. The van der Waals surface area contributed by atoms with Crippen molar-refractivity contribution in [2.24, 2.45) is 5.84 Å². The van der Waals surface area contributed by atoms with E-state index in [1.54, 1.807) is 32.0 Å². The van der Waals surface area contributed by atoms with Crippen molar-refractivity contribution in [1.29, 1.82) is 0 Å². The molecule has 0 spiro atoms. The van der Waals surface area contributed by atoms with E-state index in [0.29, 0.717) is 17.1 Å². The molecule has 35 heavy (non-hydrogen) atoms. The van der Waals surface area contributed by atoms with Crippen molar-refractivity contribution in [2.45, 2.75) is 49.6 Å². The number of nitrogens with two attached hydrogens (primary N) is 1. The largest absolute Gasteiger partial charge is 0.486 e. The van der Waals surface area contributed by atoms with Gasteiger partial charge in [-0.1, -0.05) is 12.1 Å². The Labute approximate surface area is 206 Å². The summed E-state index contributed by atoms with van der Waals surface area (Å²) in [5, 5.41) is 10.7. The first-order valence-electron chi connectivity index (χ1n) is 10.8. The van der Waals surface area contributed by atoms with Gasteiger partial charge in [-0.3, -0.25) is 9.80 Å². The molecule has 0 aliphatic carbocycles. The van der Waals surface area contributed by atoms with Gasteiger partial charge in [0.15, 0.2) is 0 Å². The Bertz CT molecular complexity index is 1180. The van der Waals surface area contributed by atoms with Gasteiger partial charge >= 0.3 is 12.1 Å². The molecule has 0 amide bonds. The van der Waals surface area contributed by atoms with Crippen LogP contribution in [0.4, 0.5) is 24.5 Å². The highest BCUT2D eigenvalue weighted by Gasteiger charge is 2.30. The molecule has 9 heteroatoms. The Morgan fingerprint density at radius 1 is 1.03 bits per heavy atom. The van der Waals surface area contributed by atoms with Gasteiger partial charge in [0, 0.05) is 4.90 Å². The van der Waals surface area contributed by atoms with Crippen molar-refractivity contribution in [3.8, 4) is 5.75 Å². The van der Waals surface area contributed by atoms with Crippen LogP contribution in [0.3, 0.4) is 0 Å². The Kier molecular flexibility index (Phi) is 7.71. The molecular weight excluding hydrogens is 477 g/mol. The highest BCUT2D eigenvalue weighted by atomic mass is 32.2. The number of hydrazine groups is 1. The van der Waals surface area contributed by atoms with E-state index in [-0.39, 0.29) is 6.10 Å². The molecule has 3 aromatic rings. The number of ether oxygens (including phenoxy) is 1. The number of carboxylic acids is 1. The van der Waals surface area contributed by atoms with Gasteiger partial charge in [-0.2, -0.15) is 13.2 Å². The number of aliphatic carboxylic acids is 1. The third-order valence-corrected chi connectivity index (χ3v) is 6.73. The number of hydrogen-bond acceptors (Lipinski definition) is 5. The molecule has 1 unspecified atom stereocenters. The van der Waals surface area contributed by atoms with E-state index in [1.165, 1.54) is 28.9 Å². The second-order valence-electron chi connectivity index (χ2n) is 8.56. The van der Waals surface area contributed by atoms with Gasteiger partial charge in [-0.15, -0.1) is 11.8 Å². The zero-order valence-electron chi connectivity index (χ0n) is 19.8. The van der Waals surface area contributed by atoms with Crippen molar-refractivity contribution in [3.05, 3.63) is 83.4 Å². The van der Waals surface area contributed by atoms with E-state index in [9.17, 15) is 23.1 Å². The topological polar surface area (TPSA) is 75.8 Å². The Morgan fingerprint density at radius 3 is 2.17 bits per heavy atom. The molecule has 0 radical (unpaired) electrons. The van der Waals surface area contributed by atoms with Gasteiger partial charge < -0.3 is 9.84 Å². The molecule has 1 atom stereocenters. The van der Waals surface area contributed by atoms with Gasteiger partial charge in [0.05, 0.1) is 16.9 Å². The summed E-state index contributed by atoms with van der Waals surface area (Å²) in [6.45, 7) is 7.06. The SMILES string of the molecule is Cc1c(C(C)Oc2ccc(SC(C)(C)C(=O)O)cc2)cccc1N(N)c1ccc(C(F)(F)F)cc1. The van der Waals surface area contributed by atoms with Gasteiger partial charge in [-0.05, 0) is 93.4 Å². The summed E-state index contributed by atoms with van der Waals surface area (Å²) in [6.07, 6.45) is -4.76. The first kappa shape index (κ1) is 26.4. The van der Waals surface area contributed by atoms with Crippen molar-refractivity contribution in [2.75, 3.05) is 5.01 Å². The van der Waals surface area contributed by atoms with Crippen molar-refractivity contribution in [3.63, 3.8) is 0 Å². The molecule has 186 valence electrons. The lowest BCUT2D eigenvalue weighted by molar-refractivity contribution is -0.139. The highest BCUT2D eigenvalue weighted by molar-refractivity contribution is 8.01. The fourth-order valence-corrected chi connectivity index (χ4v) is 4.43. The van der Waals surface area contributed by atoms with Crippen LogP contribution in [0.1, 0.15) is 43.6 Å². The number of carboxylic acid groups (broad SMARTS) is 1. The van der Waals surface area contributed by atoms with Crippen LogP contribution < -0.4 is 15.6 Å². The summed E-state index contributed by atoms with van der Waals surface area (Å²) in [5.74, 6) is 5.98. The average Bonchev–Trinajstić information content (AvgIpc) is 2.79. The maximum Gasteiger partial charge on any atom is 0.416 e. The molecule has 5 nitrogen and oxygen atoms in total. The maximum absolute atomic E-state index is 12.9. The van der Waals surface area contributed by atoms with Gasteiger partial charge in [0.25, 0.3) is 0 Å². The van der Waals surface area contributed by atoms with E-state index < -0.39 is 22.5 Å². The lowest BCUT2D eigenvalue weighted by atomic mass is 10.0. The number of anilines is 2. The minimum Gasteiger partial charge on any atom is -0.486 e. The molecule has 0 aliphatic heterocycles. The van der Waals surface area contributed by atoms with Gasteiger partial charge in [0.1, 0.15) is 16.6 Å². The monoisotopic (exact) mass is 504 g/mol. The average molecular weight is 505 g/mol. The number of nitrogens with zero attached hydrogens (tertiary/aromatic N) is 1. The van der Waals surface area contributed by atoms with E-state index >= 15 is 0 Å². The zero-order valence-corrected chi connectivity index (χ0v) is 20.6. The molecule has 0 fully saturated rings. The van der Waals surface area contributed by atoms with Crippen molar-refractivity contribution in [1.82, 2.24) is 0 Å². The molecule has 0 heterocycles. The molecule has 0 aromatic heterocycles. The van der Waals surface area contributed by atoms with Crippen LogP contribution in [-0.2, 0) is 11.0 Å². The first-order chi connectivity index (χ1) is 16.3. The number of thioether (sulfide) groups is 1. The first-order valence-corrected chi connectivity index (χ1v) is 11.6. The quantitative estimate of drug-likeness (QED) is 0.193. The van der Waals surface area contributed by atoms with Gasteiger partial charge in [-0.25, -0.2) is 5.84 Å². The highest BCUT2D eigenvalue weighted by Crippen LogP contribution is 2.36. The molecule has 3 rings (SSSR count). The van der Waals surface area contributed by atoms with Crippen LogP contribution in [0.5, 0.6) is 5.75 Å². The minimum absolute atomic E-state index is 0.343. The summed E-state index contributed by atoms with van der Waals surface area (Å²) >= 11 is 1.25. The van der Waals surface area contributed by atoms with Crippen LogP contribution in [0.15, 0.2) is 71.6 Å². The van der Waals surface area contributed by atoms with Crippen molar-refractivity contribution < 1.29 is 27.8 Å². The third kappa shape index (κ3) is 6.29. The Balaban J connectivity index is 1.76. The lowest BCUT2D eigenvalue weighted by Gasteiger charge is -2.25. The predicted octanol–water partition coefficient (Wildman–Crippen LogP) is 7.12. The molecule has 3 aromatic carbocycles. The van der Waals surface area contributed by atoms with Crippen LogP contribution in [0.25, 0.3) is 0 Å². The molecule has 0 bridgehead atoms. The Morgan fingerprint density at radius 2 is 1.63 bits per heavy atom. The summed E-state index contributed by atoms with van der Waals surface area (Å²) in [4.78, 5) is 12.2. The standard InChI is InChI=1S/C26H27F3N2O3S/c1-16-22(17(2)34-20-12-14-21(15-13-20)35-25(3,4)24(32)33)6-5-7-23(16)31(30)19-10-8-18(9-11-19)26(27,28)29/h5-15,17H,30H2,1-4H3,(H,32,33). The third-order valence-electron chi connectivity index (χ3n) is 5.54. The van der Waals surface area contributed by atoms with E-state index in [4.69, 9.17) is 10.6 Å². The summed E-state index contributed by atoms with van der Waals surface area (Å²) < 4.78 is 43.8. The van der Waals surface area contributed by atoms with Crippen molar-refractivity contribution >= 4 is 29.1 Å². The molecule has 0 saturated carbocycles. The van der Waals surface area contributed by atoms with Crippen LogP contribution in [-0.4, -0.2) is 15.8 Å². The van der Waals surface area contributed by atoms with E-state index in [1.807, 2.05) is 38.1 Å². The minimum atomic E-state index is -4.41. The molecule has 3 N–H and O–H groups in total. The van der Waals surface area contributed by atoms with Crippen LogP contribution in [0.2, 0.25) is 0 Å². The fourth-order valence-electron chi connectivity index (χ4n) is 3.48. The molecule has 0 aliphatic rings. The van der Waals surface area contributed by atoms with E-state index in [2.05, 4.69) is 0 Å². The van der Waals surface area contributed by atoms with Gasteiger partial charge in [0.2, 0.25) is 0 Å². The summed E-state index contributed by atoms with van der Waals surface area (Å²) in [6, 6.07) is 17.4. The number of halogens is 3. The number of alkyl halides is 3. The normalized spacial score (nSPS) is 12.8.